The van der Waals surface area contributed by atoms with E-state index in [1.807, 2.05) is 62.4 Å². The lowest BCUT2D eigenvalue weighted by Gasteiger charge is -2.12. The average molecular weight is 284 g/mol. The number of ether oxygens (including phenoxy) is 1. The molecular formula is C17H20N2O2. The Morgan fingerprint density at radius 2 is 1.95 bits per heavy atom. The molecule has 0 fully saturated rings. The maximum atomic E-state index is 11.8. The van der Waals surface area contributed by atoms with Crippen LogP contribution in [0.1, 0.15) is 24.1 Å². The van der Waals surface area contributed by atoms with E-state index < -0.39 is 0 Å². The molecule has 0 bridgehead atoms. The topological polar surface area (TPSA) is 64.3 Å². The number of amides is 1. The third-order valence-electron chi connectivity index (χ3n) is 3.14. The number of hydrogen-bond donors (Lipinski definition) is 2. The van der Waals surface area contributed by atoms with Crippen molar-refractivity contribution in [2.45, 2.75) is 19.9 Å². The molecule has 0 radical (unpaired) electrons. The fraction of sp³-hybridized carbons (Fsp3) is 0.235. The van der Waals surface area contributed by atoms with Crippen LogP contribution in [-0.2, 0) is 4.79 Å². The van der Waals surface area contributed by atoms with E-state index in [0.717, 1.165) is 16.8 Å². The standard InChI is InChI=1S/C17H20N2O2/c1-12-10-14(13(2)18)8-9-16(12)21-11-17(20)19-15-6-4-3-5-7-15/h3-10,13H,11,18H2,1-2H3,(H,19,20)/t13-/m1/s1. The first-order valence-corrected chi connectivity index (χ1v) is 6.90. The van der Waals surface area contributed by atoms with E-state index in [-0.39, 0.29) is 18.6 Å². The van der Waals surface area contributed by atoms with Crippen molar-refractivity contribution in [3.63, 3.8) is 0 Å². The Morgan fingerprint density at radius 3 is 2.57 bits per heavy atom. The zero-order chi connectivity index (χ0) is 15.2. The number of hydrogen-bond acceptors (Lipinski definition) is 3. The van der Waals surface area contributed by atoms with E-state index in [2.05, 4.69) is 5.32 Å². The fourth-order valence-electron chi connectivity index (χ4n) is 1.98. The lowest BCUT2D eigenvalue weighted by Crippen LogP contribution is -2.20. The molecule has 0 aliphatic heterocycles. The van der Waals surface area contributed by atoms with Crippen LogP contribution in [0.25, 0.3) is 0 Å². The number of aryl methyl sites for hydroxylation is 1. The minimum absolute atomic E-state index is 0.0147. The lowest BCUT2D eigenvalue weighted by atomic mass is 10.1. The Hall–Kier alpha value is -2.33. The first-order valence-electron chi connectivity index (χ1n) is 6.90. The summed E-state index contributed by atoms with van der Waals surface area (Å²) in [6.45, 7) is 3.85. The molecule has 0 aromatic heterocycles. The molecule has 1 atom stereocenters. The molecule has 2 aromatic rings. The van der Waals surface area contributed by atoms with Crippen LogP contribution in [0.3, 0.4) is 0 Å². The second-order valence-corrected chi connectivity index (χ2v) is 5.02. The normalized spacial score (nSPS) is 11.8. The van der Waals surface area contributed by atoms with Gasteiger partial charge in [0.2, 0.25) is 0 Å². The summed E-state index contributed by atoms with van der Waals surface area (Å²) in [7, 11) is 0. The van der Waals surface area contributed by atoms with E-state index >= 15 is 0 Å². The Bertz CT molecular complexity index is 609. The number of rotatable bonds is 5. The number of carbonyl (C=O) groups is 1. The van der Waals surface area contributed by atoms with Gasteiger partial charge in [-0.1, -0.05) is 30.3 Å². The molecule has 4 heteroatoms. The van der Waals surface area contributed by atoms with Crippen molar-refractivity contribution in [3.05, 3.63) is 59.7 Å². The average Bonchev–Trinajstić information content (AvgIpc) is 2.47. The van der Waals surface area contributed by atoms with Crippen LogP contribution in [0, 0.1) is 6.92 Å². The summed E-state index contributed by atoms with van der Waals surface area (Å²) < 4.78 is 5.55. The predicted molar refractivity (Wildman–Crippen MR) is 84.3 cm³/mol. The molecule has 0 heterocycles. The maximum absolute atomic E-state index is 11.8. The van der Waals surface area contributed by atoms with Gasteiger partial charge in [-0.3, -0.25) is 4.79 Å². The van der Waals surface area contributed by atoms with Crippen LogP contribution in [-0.4, -0.2) is 12.5 Å². The highest BCUT2D eigenvalue weighted by Gasteiger charge is 2.07. The van der Waals surface area contributed by atoms with Crippen LogP contribution < -0.4 is 15.8 Å². The van der Waals surface area contributed by atoms with Gasteiger partial charge in [-0.05, 0) is 43.2 Å². The minimum Gasteiger partial charge on any atom is -0.483 e. The number of para-hydroxylation sites is 1. The Kier molecular flexibility index (Phi) is 4.95. The molecule has 3 N–H and O–H groups in total. The first kappa shape index (κ1) is 15.1. The molecule has 0 saturated carbocycles. The molecule has 4 nitrogen and oxygen atoms in total. The summed E-state index contributed by atoms with van der Waals surface area (Å²) in [6.07, 6.45) is 0. The largest absolute Gasteiger partial charge is 0.483 e. The van der Waals surface area contributed by atoms with Crippen LogP contribution in [0.2, 0.25) is 0 Å². The summed E-state index contributed by atoms with van der Waals surface area (Å²) >= 11 is 0. The summed E-state index contributed by atoms with van der Waals surface area (Å²) in [5.74, 6) is 0.513. The molecular weight excluding hydrogens is 264 g/mol. The number of anilines is 1. The zero-order valence-corrected chi connectivity index (χ0v) is 12.3. The first-order chi connectivity index (χ1) is 10.1. The number of benzene rings is 2. The molecule has 0 unspecified atom stereocenters. The molecule has 2 aromatic carbocycles. The molecule has 0 spiro atoms. The highest BCUT2D eigenvalue weighted by Crippen LogP contribution is 2.21. The monoisotopic (exact) mass is 284 g/mol. The van der Waals surface area contributed by atoms with Gasteiger partial charge in [-0.15, -0.1) is 0 Å². The van der Waals surface area contributed by atoms with Crippen molar-refractivity contribution in [2.75, 3.05) is 11.9 Å². The van der Waals surface area contributed by atoms with Crippen molar-refractivity contribution in [1.82, 2.24) is 0 Å². The molecule has 0 aliphatic rings. The van der Waals surface area contributed by atoms with Crippen molar-refractivity contribution in [2.24, 2.45) is 5.73 Å². The van der Waals surface area contributed by atoms with E-state index in [9.17, 15) is 4.79 Å². The predicted octanol–water partition coefficient (Wildman–Crippen LogP) is 3.03. The van der Waals surface area contributed by atoms with E-state index in [1.54, 1.807) is 0 Å². The molecule has 0 saturated heterocycles. The SMILES string of the molecule is Cc1cc([C@@H](C)N)ccc1OCC(=O)Nc1ccccc1. The Balaban J connectivity index is 1.92. The zero-order valence-electron chi connectivity index (χ0n) is 12.3. The third-order valence-corrected chi connectivity index (χ3v) is 3.14. The number of nitrogens with two attached hydrogens (primary N) is 1. The van der Waals surface area contributed by atoms with Crippen LogP contribution in [0.5, 0.6) is 5.75 Å². The smallest absolute Gasteiger partial charge is 0.262 e. The van der Waals surface area contributed by atoms with Crippen LogP contribution in [0.4, 0.5) is 5.69 Å². The summed E-state index contributed by atoms with van der Waals surface area (Å²) in [4.78, 5) is 11.8. The molecule has 2 rings (SSSR count). The van der Waals surface area contributed by atoms with Gasteiger partial charge in [0, 0.05) is 11.7 Å². The van der Waals surface area contributed by atoms with E-state index in [0.29, 0.717) is 5.75 Å². The second kappa shape index (κ2) is 6.90. The van der Waals surface area contributed by atoms with Crippen molar-refractivity contribution < 1.29 is 9.53 Å². The molecule has 21 heavy (non-hydrogen) atoms. The van der Waals surface area contributed by atoms with Crippen LogP contribution in [0.15, 0.2) is 48.5 Å². The molecule has 1 amide bonds. The molecule has 110 valence electrons. The highest BCUT2D eigenvalue weighted by atomic mass is 16.5. The van der Waals surface area contributed by atoms with Gasteiger partial charge < -0.3 is 15.8 Å². The van der Waals surface area contributed by atoms with Crippen molar-refractivity contribution >= 4 is 11.6 Å². The number of nitrogens with one attached hydrogen (secondary N) is 1. The van der Waals surface area contributed by atoms with Crippen molar-refractivity contribution in [3.8, 4) is 5.75 Å². The Morgan fingerprint density at radius 1 is 1.24 bits per heavy atom. The van der Waals surface area contributed by atoms with Gasteiger partial charge in [0.1, 0.15) is 5.75 Å². The maximum Gasteiger partial charge on any atom is 0.262 e. The highest BCUT2D eigenvalue weighted by molar-refractivity contribution is 5.91. The number of carbonyl (C=O) groups excluding carboxylic acids is 1. The fourth-order valence-corrected chi connectivity index (χ4v) is 1.98. The van der Waals surface area contributed by atoms with Gasteiger partial charge in [0.05, 0.1) is 0 Å². The minimum atomic E-state index is -0.183. The quantitative estimate of drug-likeness (QED) is 0.887. The van der Waals surface area contributed by atoms with Crippen molar-refractivity contribution in [1.29, 1.82) is 0 Å². The third kappa shape index (κ3) is 4.33. The van der Waals surface area contributed by atoms with E-state index in [4.69, 9.17) is 10.5 Å². The van der Waals surface area contributed by atoms with Gasteiger partial charge in [0.25, 0.3) is 5.91 Å². The summed E-state index contributed by atoms with van der Waals surface area (Å²) in [5.41, 5.74) is 8.61. The van der Waals surface area contributed by atoms with Gasteiger partial charge in [-0.25, -0.2) is 0 Å². The summed E-state index contributed by atoms with van der Waals surface area (Å²) in [6, 6.07) is 15.0. The lowest BCUT2D eigenvalue weighted by molar-refractivity contribution is -0.118. The Labute approximate surface area is 124 Å². The van der Waals surface area contributed by atoms with Gasteiger partial charge in [0.15, 0.2) is 6.61 Å². The second-order valence-electron chi connectivity index (χ2n) is 5.02. The van der Waals surface area contributed by atoms with Gasteiger partial charge >= 0.3 is 0 Å². The summed E-state index contributed by atoms with van der Waals surface area (Å²) in [5, 5.41) is 2.78. The molecule has 0 aliphatic carbocycles. The van der Waals surface area contributed by atoms with Gasteiger partial charge in [-0.2, -0.15) is 0 Å². The van der Waals surface area contributed by atoms with Crippen LogP contribution >= 0.6 is 0 Å². The van der Waals surface area contributed by atoms with E-state index in [1.165, 1.54) is 0 Å².